The van der Waals surface area contributed by atoms with Gasteiger partial charge in [-0.2, -0.15) is 0 Å². The number of carbonyl (C=O) groups is 2. The van der Waals surface area contributed by atoms with E-state index in [0.29, 0.717) is 12.3 Å². The molecule has 0 radical (unpaired) electrons. The summed E-state index contributed by atoms with van der Waals surface area (Å²) in [6, 6.07) is 9.61. The fraction of sp³-hybridized carbons (Fsp3) is 0.619. The van der Waals surface area contributed by atoms with Crippen LogP contribution in [0.4, 0.5) is 0 Å². The van der Waals surface area contributed by atoms with Crippen LogP contribution >= 0.6 is 0 Å². The molecular weight excluding hydrogens is 316 g/mol. The second-order valence-corrected chi connectivity index (χ2v) is 7.97. The Morgan fingerprint density at radius 1 is 1.12 bits per heavy atom. The minimum Gasteiger partial charge on any atom is -0.461 e. The second-order valence-electron chi connectivity index (χ2n) is 7.97. The lowest BCUT2D eigenvalue weighted by Crippen LogP contribution is -2.29. The molecule has 0 aliphatic heterocycles. The molecule has 1 saturated carbocycles. The molecule has 1 aliphatic rings. The number of rotatable bonds is 7. The molecule has 0 spiro atoms. The summed E-state index contributed by atoms with van der Waals surface area (Å²) in [6.07, 6.45) is 5.51. The minimum absolute atomic E-state index is 0.0986. The van der Waals surface area contributed by atoms with Gasteiger partial charge >= 0.3 is 11.9 Å². The maximum atomic E-state index is 12.6. The zero-order valence-electron chi connectivity index (χ0n) is 15.6. The third kappa shape index (κ3) is 7.29. The molecular formula is C21H30O4. The van der Waals surface area contributed by atoms with E-state index in [1.807, 2.05) is 51.1 Å². The van der Waals surface area contributed by atoms with Gasteiger partial charge in [0.05, 0.1) is 12.3 Å². The second kappa shape index (κ2) is 9.02. The van der Waals surface area contributed by atoms with Crippen LogP contribution < -0.4 is 0 Å². The number of esters is 2. The first-order chi connectivity index (χ1) is 11.8. The molecule has 4 nitrogen and oxygen atoms in total. The quantitative estimate of drug-likeness (QED) is 0.674. The summed E-state index contributed by atoms with van der Waals surface area (Å²) >= 11 is 0. The Labute approximate surface area is 150 Å². The van der Waals surface area contributed by atoms with Gasteiger partial charge in [-0.1, -0.05) is 56.0 Å². The van der Waals surface area contributed by atoms with Crippen LogP contribution in [0, 0.1) is 11.8 Å². The van der Waals surface area contributed by atoms with Crippen molar-refractivity contribution in [2.45, 2.75) is 71.5 Å². The lowest BCUT2D eigenvalue weighted by Gasteiger charge is -2.23. The monoisotopic (exact) mass is 346 g/mol. The van der Waals surface area contributed by atoms with Crippen molar-refractivity contribution in [1.29, 1.82) is 0 Å². The average Bonchev–Trinajstić information content (AvgIpc) is 3.04. The van der Waals surface area contributed by atoms with Gasteiger partial charge in [0.2, 0.25) is 0 Å². The molecule has 4 heteroatoms. The van der Waals surface area contributed by atoms with Crippen LogP contribution in [0.1, 0.15) is 64.9 Å². The Morgan fingerprint density at radius 2 is 1.76 bits per heavy atom. The Hall–Kier alpha value is -1.84. The molecule has 1 aromatic carbocycles. The number of benzene rings is 1. The van der Waals surface area contributed by atoms with E-state index in [1.165, 1.54) is 12.8 Å². The highest BCUT2D eigenvalue weighted by molar-refractivity contribution is 5.80. The van der Waals surface area contributed by atoms with Gasteiger partial charge in [-0.25, -0.2) is 0 Å². The number of ether oxygens (including phenoxy) is 2. The van der Waals surface area contributed by atoms with Crippen molar-refractivity contribution >= 4 is 11.9 Å². The number of carbonyl (C=O) groups excluding carboxylic acids is 2. The fourth-order valence-electron chi connectivity index (χ4n) is 3.34. The van der Waals surface area contributed by atoms with Gasteiger partial charge < -0.3 is 9.47 Å². The summed E-state index contributed by atoms with van der Waals surface area (Å²) in [6.45, 7) is 5.76. The van der Waals surface area contributed by atoms with Crippen LogP contribution in [0.5, 0.6) is 0 Å². The highest BCUT2D eigenvalue weighted by atomic mass is 16.6. The van der Waals surface area contributed by atoms with Gasteiger partial charge in [0.1, 0.15) is 12.2 Å². The first kappa shape index (κ1) is 19.5. The topological polar surface area (TPSA) is 52.6 Å². The zero-order valence-corrected chi connectivity index (χ0v) is 15.6. The lowest BCUT2D eigenvalue weighted by molar-refractivity contribution is -0.162. The minimum atomic E-state index is -0.539. The normalized spacial score (nSPS) is 16.4. The zero-order chi connectivity index (χ0) is 18.3. The van der Waals surface area contributed by atoms with E-state index in [9.17, 15) is 9.59 Å². The molecule has 0 N–H and O–H groups in total. The summed E-state index contributed by atoms with van der Waals surface area (Å²) in [4.78, 5) is 24.8. The molecule has 1 aliphatic carbocycles. The third-order valence-corrected chi connectivity index (χ3v) is 4.48. The fourth-order valence-corrected chi connectivity index (χ4v) is 3.34. The van der Waals surface area contributed by atoms with Crippen LogP contribution in [0.15, 0.2) is 30.3 Å². The molecule has 0 aromatic heterocycles. The molecule has 0 saturated heterocycles. The van der Waals surface area contributed by atoms with Gasteiger partial charge in [0.15, 0.2) is 0 Å². The molecule has 0 amide bonds. The Kier molecular flexibility index (Phi) is 7.03. The van der Waals surface area contributed by atoms with E-state index in [2.05, 4.69) is 0 Å². The first-order valence-electron chi connectivity index (χ1n) is 9.26. The van der Waals surface area contributed by atoms with Crippen LogP contribution in [0.2, 0.25) is 0 Å². The number of hydrogen-bond donors (Lipinski definition) is 0. The third-order valence-electron chi connectivity index (χ3n) is 4.48. The standard InChI is InChI=1S/C21H30O4/c1-21(2,3)25-19(22)14-18(13-16-9-7-8-10-16)20(23)24-15-17-11-5-4-6-12-17/h4-6,11-12,16,18H,7-10,13-15H2,1-3H3/t18-/m1/s1. The van der Waals surface area contributed by atoms with Gasteiger partial charge in [-0.3, -0.25) is 9.59 Å². The van der Waals surface area contributed by atoms with E-state index in [1.54, 1.807) is 0 Å². The predicted molar refractivity (Wildman–Crippen MR) is 96.8 cm³/mol. The molecule has 1 fully saturated rings. The Bertz CT molecular complexity index is 553. The Morgan fingerprint density at radius 3 is 2.36 bits per heavy atom. The summed E-state index contributed by atoms with van der Waals surface area (Å²) < 4.78 is 10.9. The molecule has 0 bridgehead atoms. The van der Waals surface area contributed by atoms with Crippen molar-refractivity contribution in [3.8, 4) is 0 Å². The van der Waals surface area contributed by atoms with Crippen molar-refractivity contribution in [2.24, 2.45) is 11.8 Å². The van der Waals surface area contributed by atoms with Gasteiger partial charge in [0.25, 0.3) is 0 Å². The largest absolute Gasteiger partial charge is 0.461 e. The summed E-state index contributed by atoms with van der Waals surface area (Å²) in [5.41, 5.74) is 0.413. The van der Waals surface area contributed by atoms with Crippen LogP contribution in [0.25, 0.3) is 0 Å². The number of hydrogen-bond acceptors (Lipinski definition) is 4. The summed E-state index contributed by atoms with van der Waals surface area (Å²) in [5.74, 6) is -0.521. The molecule has 0 heterocycles. The molecule has 1 aromatic rings. The molecule has 2 rings (SSSR count). The van der Waals surface area contributed by atoms with Crippen molar-refractivity contribution in [1.82, 2.24) is 0 Å². The predicted octanol–water partition coefficient (Wildman–Crippen LogP) is 4.66. The van der Waals surface area contributed by atoms with Crippen molar-refractivity contribution in [2.75, 3.05) is 0 Å². The van der Waals surface area contributed by atoms with E-state index in [-0.39, 0.29) is 25.0 Å². The summed E-state index contributed by atoms with van der Waals surface area (Å²) in [7, 11) is 0. The molecule has 25 heavy (non-hydrogen) atoms. The maximum Gasteiger partial charge on any atom is 0.309 e. The van der Waals surface area contributed by atoms with Crippen molar-refractivity contribution in [3.05, 3.63) is 35.9 Å². The van der Waals surface area contributed by atoms with Crippen LogP contribution in [0.3, 0.4) is 0 Å². The van der Waals surface area contributed by atoms with Crippen molar-refractivity contribution < 1.29 is 19.1 Å². The van der Waals surface area contributed by atoms with Gasteiger partial charge in [-0.15, -0.1) is 0 Å². The average molecular weight is 346 g/mol. The summed E-state index contributed by atoms with van der Waals surface area (Å²) in [5, 5.41) is 0. The lowest BCUT2D eigenvalue weighted by atomic mass is 9.91. The maximum absolute atomic E-state index is 12.6. The molecule has 138 valence electrons. The van der Waals surface area contributed by atoms with Gasteiger partial charge in [-0.05, 0) is 38.7 Å². The van der Waals surface area contributed by atoms with Crippen LogP contribution in [-0.2, 0) is 25.7 Å². The highest BCUT2D eigenvalue weighted by Crippen LogP contribution is 2.32. The first-order valence-corrected chi connectivity index (χ1v) is 9.26. The highest BCUT2D eigenvalue weighted by Gasteiger charge is 2.30. The van der Waals surface area contributed by atoms with E-state index in [0.717, 1.165) is 18.4 Å². The smallest absolute Gasteiger partial charge is 0.309 e. The molecule has 0 unspecified atom stereocenters. The van der Waals surface area contributed by atoms with E-state index >= 15 is 0 Å². The van der Waals surface area contributed by atoms with E-state index < -0.39 is 11.5 Å². The van der Waals surface area contributed by atoms with E-state index in [4.69, 9.17) is 9.47 Å². The Balaban J connectivity index is 1.94. The van der Waals surface area contributed by atoms with Crippen LogP contribution in [-0.4, -0.2) is 17.5 Å². The SMILES string of the molecule is CC(C)(C)OC(=O)C[C@@H](CC1CCCC1)C(=O)OCc1ccccc1. The van der Waals surface area contributed by atoms with Gasteiger partial charge in [0, 0.05) is 0 Å². The van der Waals surface area contributed by atoms with Crippen molar-refractivity contribution in [3.63, 3.8) is 0 Å². The molecule has 1 atom stereocenters.